The lowest BCUT2D eigenvalue weighted by Gasteiger charge is -2.42. The zero-order valence-corrected chi connectivity index (χ0v) is 14.1. The van der Waals surface area contributed by atoms with Crippen molar-refractivity contribution >= 4 is 18.4 Å². The highest BCUT2D eigenvalue weighted by atomic mass is 32.4. The summed E-state index contributed by atoms with van der Waals surface area (Å²) >= 11 is 2.30. The van der Waals surface area contributed by atoms with E-state index in [4.69, 9.17) is 0 Å². The Labute approximate surface area is 108 Å². The molecule has 0 N–H and O–H groups in total. The first-order chi connectivity index (χ1) is 7.25. The van der Waals surface area contributed by atoms with E-state index in [1.165, 1.54) is 17.7 Å². The van der Waals surface area contributed by atoms with Crippen molar-refractivity contribution in [2.24, 2.45) is 0 Å². The van der Waals surface area contributed by atoms with E-state index >= 15 is 0 Å². The predicted octanol–water partition coefficient (Wildman–Crippen LogP) is 5.86. The van der Waals surface area contributed by atoms with E-state index in [0.29, 0.717) is 0 Å². The van der Waals surface area contributed by atoms with Gasteiger partial charge in [-0.3, -0.25) is 0 Å². The van der Waals surface area contributed by atoms with Gasteiger partial charge in [0.15, 0.2) is 0 Å². The Morgan fingerprint density at radius 3 is 1.62 bits per heavy atom. The summed E-state index contributed by atoms with van der Waals surface area (Å²) in [6.45, 7) is 20.7. The van der Waals surface area contributed by atoms with Crippen molar-refractivity contribution in [1.29, 1.82) is 0 Å². The van der Waals surface area contributed by atoms with Gasteiger partial charge in [0, 0.05) is 0 Å². The average Bonchev–Trinajstić information content (AvgIpc) is 2.09. The Bertz CT molecular complexity index is 197. The number of allylic oxidation sites excluding steroid dienone is 1. The molecule has 2 heteroatoms. The van der Waals surface area contributed by atoms with Gasteiger partial charge in [0.05, 0.1) is 0 Å². The Morgan fingerprint density at radius 2 is 1.38 bits per heavy atom. The molecule has 0 aromatic heterocycles. The number of hydrogen-bond donors (Lipinski definition) is 0. The van der Waals surface area contributed by atoms with Crippen molar-refractivity contribution in [2.75, 3.05) is 5.75 Å². The first kappa shape index (κ1) is 16.3. The van der Waals surface area contributed by atoms with Crippen LogP contribution in [0.4, 0.5) is 0 Å². The normalized spacial score (nSPS) is 12.9. The van der Waals surface area contributed by atoms with Crippen LogP contribution >= 0.6 is 11.2 Å². The highest BCUT2D eigenvalue weighted by Gasteiger charge is 2.43. The molecule has 0 aromatic rings. The highest BCUT2D eigenvalue weighted by molar-refractivity contribution is 8.29. The van der Waals surface area contributed by atoms with E-state index in [1.54, 1.807) is 0 Å². The predicted molar refractivity (Wildman–Crippen MR) is 82.9 cm³/mol. The van der Waals surface area contributed by atoms with Gasteiger partial charge in [0.2, 0.25) is 0 Å². The fourth-order valence-corrected chi connectivity index (χ4v) is 13.1. The van der Waals surface area contributed by atoms with E-state index in [2.05, 4.69) is 66.3 Å². The average molecular weight is 259 g/mol. The third-order valence-electron chi connectivity index (χ3n) is 3.59. The van der Waals surface area contributed by atoms with Crippen molar-refractivity contribution < 1.29 is 0 Å². The SMILES string of the molecule is C=C(C)CCS[Si](C(C)C)(C(C)C)C(C)C. The molecule has 0 rings (SSSR count). The maximum absolute atomic E-state index is 4.01. The summed E-state index contributed by atoms with van der Waals surface area (Å²) in [7, 11) is -1.22. The van der Waals surface area contributed by atoms with Crippen LogP contribution in [0.25, 0.3) is 0 Å². The fraction of sp³-hybridized carbons (Fsp3) is 0.857. The van der Waals surface area contributed by atoms with Crippen molar-refractivity contribution in [3.8, 4) is 0 Å². The molecule has 0 saturated carbocycles. The molecule has 0 unspecified atom stereocenters. The zero-order chi connectivity index (χ0) is 12.9. The van der Waals surface area contributed by atoms with Gasteiger partial charge >= 0.3 is 0 Å². The van der Waals surface area contributed by atoms with Crippen molar-refractivity contribution in [2.45, 2.75) is 71.5 Å². The van der Waals surface area contributed by atoms with E-state index in [9.17, 15) is 0 Å². The van der Waals surface area contributed by atoms with Crippen LogP contribution in [-0.2, 0) is 0 Å². The summed E-state index contributed by atoms with van der Waals surface area (Å²) in [5.74, 6) is 1.27. The van der Waals surface area contributed by atoms with Crippen LogP contribution in [0.15, 0.2) is 12.2 Å². The molecule has 0 nitrogen and oxygen atoms in total. The molecule has 0 radical (unpaired) electrons. The second-order valence-electron chi connectivity index (χ2n) is 5.87. The minimum Gasteiger partial charge on any atom is -0.184 e. The molecule has 0 saturated heterocycles. The van der Waals surface area contributed by atoms with Crippen LogP contribution in [0.2, 0.25) is 16.6 Å². The third kappa shape index (κ3) is 3.96. The minimum atomic E-state index is -1.22. The van der Waals surface area contributed by atoms with E-state index in [1.807, 2.05) is 0 Å². The van der Waals surface area contributed by atoms with Gasteiger partial charge in [-0.2, -0.15) is 11.2 Å². The smallest absolute Gasteiger partial charge is 0.124 e. The molecule has 0 aromatic carbocycles. The molecule has 0 heterocycles. The van der Waals surface area contributed by atoms with E-state index in [-0.39, 0.29) is 0 Å². The molecule has 0 aliphatic carbocycles. The van der Waals surface area contributed by atoms with E-state index < -0.39 is 7.22 Å². The maximum atomic E-state index is 4.01. The van der Waals surface area contributed by atoms with Crippen LogP contribution in [0.1, 0.15) is 54.9 Å². The summed E-state index contributed by atoms with van der Waals surface area (Å²) in [4.78, 5) is 0. The minimum absolute atomic E-state index is 0.864. The first-order valence-electron chi connectivity index (χ1n) is 6.53. The van der Waals surface area contributed by atoms with Gasteiger partial charge in [-0.15, -0.1) is 6.58 Å². The van der Waals surface area contributed by atoms with Crippen molar-refractivity contribution in [3.05, 3.63) is 12.2 Å². The van der Waals surface area contributed by atoms with Gasteiger partial charge in [0.1, 0.15) is 7.22 Å². The molecule has 0 amide bonds. The monoisotopic (exact) mass is 258 g/mol. The fourth-order valence-electron chi connectivity index (χ4n) is 2.90. The van der Waals surface area contributed by atoms with E-state index in [0.717, 1.165) is 16.6 Å². The Morgan fingerprint density at radius 1 is 1.00 bits per heavy atom. The first-order valence-corrected chi connectivity index (χ1v) is 10.5. The molecule has 0 bridgehead atoms. The van der Waals surface area contributed by atoms with Crippen LogP contribution in [0.3, 0.4) is 0 Å². The molecule has 0 aliphatic rings. The molecule has 96 valence electrons. The summed E-state index contributed by atoms with van der Waals surface area (Å²) in [5.41, 5.74) is 3.92. The lowest BCUT2D eigenvalue weighted by atomic mass is 10.3. The van der Waals surface area contributed by atoms with Gasteiger partial charge in [-0.05, 0) is 35.7 Å². The van der Waals surface area contributed by atoms with Gasteiger partial charge < -0.3 is 0 Å². The van der Waals surface area contributed by atoms with Crippen LogP contribution < -0.4 is 0 Å². The van der Waals surface area contributed by atoms with Crippen molar-refractivity contribution in [1.82, 2.24) is 0 Å². The maximum Gasteiger partial charge on any atom is 0.124 e. The molecule has 0 fully saturated rings. The molecule has 0 aliphatic heterocycles. The van der Waals surface area contributed by atoms with Gasteiger partial charge in [0.25, 0.3) is 0 Å². The Kier molecular flexibility index (Phi) is 7.03. The van der Waals surface area contributed by atoms with Crippen LogP contribution in [-0.4, -0.2) is 13.0 Å². The Hall–Kier alpha value is 0.307. The molecular weight excluding hydrogens is 228 g/mol. The third-order valence-corrected chi connectivity index (χ3v) is 16.3. The Balaban J connectivity index is 4.70. The van der Waals surface area contributed by atoms with Gasteiger partial charge in [-0.25, -0.2) is 0 Å². The number of rotatable bonds is 7. The van der Waals surface area contributed by atoms with Crippen molar-refractivity contribution in [3.63, 3.8) is 0 Å². The van der Waals surface area contributed by atoms with Crippen LogP contribution in [0.5, 0.6) is 0 Å². The summed E-state index contributed by atoms with van der Waals surface area (Å²) in [6.07, 6.45) is 1.19. The molecule has 16 heavy (non-hydrogen) atoms. The standard InChI is InChI=1S/C14H30SSi/c1-11(2)9-10-15-16(12(3)4,13(5)6)14(7)8/h12-14H,1,9-10H2,2-8H3. The summed E-state index contributed by atoms with van der Waals surface area (Å²) in [6, 6.07) is 0. The summed E-state index contributed by atoms with van der Waals surface area (Å²) in [5, 5.41) is 0. The largest absolute Gasteiger partial charge is 0.184 e. The summed E-state index contributed by atoms with van der Waals surface area (Å²) < 4.78 is 0. The molecular formula is C14H30SSi. The molecule has 0 spiro atoms. The topological polar surface area (TPSA) is 0 Å². The second kappa shape index (κ2) is 6.90. The van der Waals surface area contributed by atoms with Gasteiger partial charge in [-0.1, -0.05) is 47.1 Å². The number of hydrogen-bond acceptors (Lipinski definition) is 1. The lowest BCUT2D eigenvalue weighted by molar-refractivity contribution is 0.851. The quantitative estimate of drug-likeness (QED) is 0.407. The van der Waals surface area contributed by atoms with Crippen LogP contribution in [0, 0.1) is 0 Å². The highest BCUT2D eigenvalue weighted by Crippen LogP contribution is 2.49. The lowest BCUT2D eigenvalue weighted by Crippen LogP contribution is -2.41. The second-order valence-corrected chi connectivity index (χ2v) is 14.7. The zero-order valence-electron chi connectivity index (χ0n) is 12.3. The molecule has 0 atom stereocenters.